The first-order valence-electron chi connectivity index (χ1n) is 9.59. The number of rotatable bonds is 3. The van der Waals surface area contributed by atoms with E-state index in [1.165, 1.54) is 0 Å². The minimum Gasteiger partial charge on any atom is -0.493 e. The van der Waals surface area contributed by atoms with Crippen molar-refractivity contribution in [2.24, 2.45) is 0 Å². The normalized spacial score (nSPS) is 23.4. The number of hydrogen-bond donors (Lipinski definition) is 0. The highest BCUT2D eigenvalue weighted by molar-refractivity contribution is 6.06. The fraction of sp³-hybridized carbons (Fsp3) is 0.348. The summed E-state index contributed by atoms with van der Waals surface area (Å²) >= 11 is 0. The first kappa shape index (κ1) is 17.9. The number of fused-ring (bicyclic) bond motifs is 6. The van der Waals surface area contributed by atoms with E-state index < -0.39 is 12.0 Å². The molecule has 0 amide bonds. The summed E-state index contributed by atoms with van der Waals surface area (Å²) in [4.78, 5) is 13.5. The number of methoxy groups -OCH3 is 2. The van der Waals surface area contributed by atoms with E-state index in [2.05, 4.69) is 6.58 Å². The molecule has 0 spiro atoms. The van der Waals surface area contributed by atoms with Gasteiger partial charge in [-0.15, -0.1) is 0 Å². The van der Waals surface area contributed by atoms with Gasteiger partial charge in [0, 0.05) is 23.6 Å². The predicted molar refractivity (Wildman–Crippen MR) is 106 cm³/mol. The van der Waals surface area contributed by atoms with E-state index in [1.54, 1.807) is 26.4 Å². The maximum atomic E-state index is 13.5. The molecule has 6 nitrogen and oxygen atoms in total. The quantitative estimate of drug-likeness (QED) is 0.740. The van der Waals surface area contributed by atoms with Crippen molar-refractivity contribution in [1.82, 2.24) is 0 Å². The molecule has 0 bridgehead atoms. The van der Waals surface area contributed by atoms with Gasteiger partial charge in [-0.1, -0.05) is 6.58 Å². The summed E-state index contributed by atoms with van der Waals surface area (Å²) in [6.45, 7) is 6.22. The third-order valence-electron chi connectivity index (χ3n) is 5.87. The molecule has 0 radical (unpaired) electrons. The summed E-state index contributed by atoms with van der Waals surface area (Å²) in [5.41, 5.74) is 3.22. The zero-order chi connectivity index (χ0) is 20.3. The SMILES string of the molecule is C=C(C)[C@H]1Cc2c(ccc3c2O[C@@H]2COc4cc(OC)c(OC)cc4[C@H]2C3=O)O1. The molecule has 3 heterocycles. The van der Waals surface area contributed by atoms with Gasteiger partial charge in [0.15, 0.2) is 17.3 Å². The summed E-state index contributed by atoms with van der Waals surface area (Å²) in [6, 6.07) is 7.23. The largest absolute Gasteiger partial charge is 0.493 e. The van der Waals surface area contributed by atoms with Crippen LogP contribution in [0.5, 0.6) is 28.7 Å². The van der Waals surface area contributed by atoms with Crippen molar-refractivity contribution >= 4 is 5.78 Å². The van der Waals surface area contributed by atoms with E-state index >= 15 is 0 Å². The number of ketones is 1. The molecule has 0 saturated heterocycles. The Balaban J connectivity index is 1.58. The monoisotopic (exact) mass is 394 g/mol. The third-order valence-corrected chi connectivity index (χ3v) is 5.87. The maximum absolute atomic E-state index is 13.5. The van der Waals surface area contributed by atoms with E-state index in [-0.39, 0.29) is 18.5 Å². The average Bonchev–Trinajstić information content (AvgIpc) is 3.17. The van der Waals surface area contributed by atoms with Gasteiger partial charge in [-0.25, -0.2) is 0 Å². The van der Waals surface area contributed by atoms with Gasteiger partial charge in [-0.05, 0) is 30.7 Å². The molecule has 3 aliphatic heterocycles. The minimum absolute atomic E-state index is 0.0228. The Morgan fingerprint density at radius 1 is 1.10 bits per heavy atom. The van der Waals surface area contributed by atoms with E-state index in [0.29, 0.717) is 35.0 Å². The van der Waals surface area contributed by atoms with Crippen molar-refractivity contribution in [3.63, 3.8) is 0 Å². The lowest BCUT2D eigenvalue weighted by atomic mass is 9.81. The molecule has 6 heteroatoms. The summed E-state index contributed by atoms with van der Waals surface area (Å²) in [7, 11) is 3.14. The van der Waals surface area contributed by atoms with Crippen LogP contribution in [0.1, 0.15) is 34.3 Å². The molecular formula is C23H22O6. The topological polar surface area (TPSA) is 63.2 Å². The van der Waals surface area contributed by atoms with Crippen LogP contribution in [-0.2, 0) is 6.42 Å². The van der Waals surface area contributed by atoms with E-state index in [9.17, 15) is 4.79 Å². The lowest BCUT2D eigenvalue weighted by molar-refractivity contribution is 0.0554. The Labute approximate surface area is 169 Å². The van der Waals surface area contributed by atoms with Crippen molar-refractivity contribution in [1.29, 1.82) is 0 Å². The van der Waals surface area contributed by atoms with Gasteiger partial charge in [0.05, 0.1) is 25.7 Å². The predicted octanol–water partition coefficient (Wildman–Crippen LogP) is 3.70. The Kier molecular flexibility index (Phi) is 3.98. The van der Waals surface area contributed by atoms with Gasteiger partial charge in [-0.3, -0.25) is 4.79 Å². The number of benzene rings is 2. The van der Waals surface area contributed by atoms with Gasteiger partial charge in [0.2, 0.25) is 0 Å². The van der Waals surface area contributed by atoms with Crippen LogP contribution in [0.15, 0.2) is 36.4 Å². The van der Waals surface area contributed by atoms with Crippen LogP contribution in [0, 0.1) is 0 Å². The maximum Gasteiger partial charge on any atom is 0.178 e. The molecule has 0 fully saturated rings. The van der Waals surface area contributed by atoms with Crippen molar-refractivity contribution in [3.05, 3.63) is 53.1 Å². The standard InChI is InChI=1S/C23H22O6/c1-11(2)16-8-14-15(28-16)6-5-12-22(24)21-13-7-18(25-3)19(26-4)9-17(13)27-10-20(21)29-23(12)14/h5-7,9,16,20-21H,1,8,10H2,2-4H3/t16-,20-,21-/m1/s1. The molecule has 0 aromatic heterocycles. The summed E-state index contributed by atoms with van der Waals surface area (Å²) in [5, 5.41) is 0. The summed E-state index contributed by atoms with van der Waals surface area (Å²) in [5.74, 6) is 2.68. The minimum atomic E-state index is -0.455. The van der Waals surface area contributed by atoms with Crippen LogP contribution in [0.25, 0.3) is 0 Å². The molecule has 0 N–H and O–H groups in total. The van der Waals surface area contributed by atoms with Crippen molar-refractivity contribution in [3.8, 4) is 28.7 Å². The van der Waals surface area contributed by atoms with Crippen LogP contribution in [-0.4, -0.2) is 38.8 Å². The van der Waals surface area contributed by atoms with Crippen molar-refractivity contribution in [2.45, 2.75) is 31.5 Å². The Bertz CT molecular complexity index is 1040. The van der Waals surface area contributed by atoms with Gasteiger partial charge in [0.1, 0.15) is 36.1 Å². The highest BCUT2D eigenvalue weighted by atomic mass is 16.5. The highest BCUT2D eigenvalue weighted by Crippen LogP contribution is 2.49. The molecule has 5 rings (SSSR count). The van der Waals surface area contributed by atoms with Crippen molar-refractivity contribution in [2.75, 3.05) is 20.8 Å². The van der Waals surface area contributed by atoms with Crippen LogP contribution < -0.4 is 23.7 Å². The Morgan fingerprint density at radius 2 is 1.86 bits per heavy atom. The van der Waals surface area contributed by atoms with Gasteiger partial charge < -0.3 is 23.7 Å². The van der Waals surface area contributed by atoms with Gasteiger partial charge in [-0.2, -0.15) is 0 Å². The molecule has 29 heavy (non-hydrogen) atoms. The smallest absolute Gasteiger partial charge is 0.178 e. The summed E-state index contributed by atoms with van der Waals surface area (Å²) < 4.78 is 29.0. The highest BCUT2D eigenvalue weighted by Gasteiger charge is 2.45. The van der Waals surface area contributed by atoms with Crippen molar-refractivity contribution < 1.29 is 28.5 Å². The van der Waals surface area contributed by atoms with E-state index in [0.717, 1.165) is 22.4 Å². The first-order valence-corrected chi connectivity index (χ1v) is 9.59. The molecule has 0 saturated carbocycles. The van der Waals surface area contributed by atoms with E-state index in [1.807, 2.05) is 19.1 Å². The second-order valence-corrected chi connectivity index (χ2v) is 7.63. The first-order chi connectivity index (χ1) is 14.0. The number of hydrogen-bond acceptors (Lipinski definition) is 6. The lowest BCUT2D eigenvalue weighted by Gasteiger charge is -2.37. The van der Waals surface area contributed by atoms with Crippen LogP contribution in [0.2, 0.25) is 0 Å². The lowest BCUT2D eigenvalue weighted by Crippen LogP contribution is -2.43. The van der Waals surface area contributed by atoms with Crippen LogP contribution in [0.3, 0.4) is 0 Å². The number of Topliss-reactive ketones (excluding diaryl/α,β-unsaturated/α-hetero) is 1. The second-order valence-electron chi connectivity index (χ2n) is 7.63. The molecule has 0 unspecified atom stereocenters. The molecule has 0 aliphatic carbocycles. The Morgan fingerprint density at radius 3 is 2.59 bits per heavy atom. The third kappa shape index (κ3) is 2.58. The molecule has 150 valence electrons. The fourth-order valence-corrected chi connectivity index (χ4v) is 4.34. The van der Waals surface area contributed by atoms with Gasteiger partial charge >= 0.3 is 0 Å². The van der Waals surface area contributed by atoms with Gasteiger partial charge in [0.25, 0.3) is 0 Å². The molecule has 3 aliphatic rings. The van der Waals surface area contributed by atoms with E-state index in [4.69, 9.17) is 23.7 Å². The summed E-state index contributed by atoms with van der Waals surface area (Å²) in [6.07, 6.45) is 0.157. The van der Waals surface area contributed by atoms with Crippen LogP contribution in [0.4, 0.5) is 0 Å². The number of ether oxygens (including phenoxy) is 5. The molecule has 3 atom stereocenters. The number of carbonyl (C=O) groups is 1. The molecule has 2 aromatic rings. The van der Waals surface area contributed by atoms with Crippen LogP contribution >= 0.6 is 0 Å². The second kappa shape index (κ2) is 6.44. The zero-order valence-corrected chi connectivity index (χ0v) is 16.6. The zero-order valence-electron chi connectivity index (χ0n) is 16.6. The molecular weight excluding hydrogens is 372 g/mol. The molecule has 2 aromatic carbocycles. The fourth-order valence-electron chi connectivity index (χ4n) is 4.34. The Hall–Kier alpha value is -3.15. The average molecular weight is 394 g/mol. The number of carbonyl (C=O) groups excluding carboxylic acids is 1.